The summed E-state index contributed by atoms with van der Waals surface area (Å²) in [6, 6.07) is 8.85. The summed E-state index contributed by atoms with van der Waals surface area (Å²) in [5.41, 5.74) is 2.22. The molecule has 1 aliphatic rings. The van der Waals surface area contributed by atoms with Gasteiger partial charge in [0, 0.05) is 55.3 Å². The monoisotopic (exact) mass is 469 g/mol. The van der Waals surface area contributed by atoms with Crippen LogP contribution in [-0.2, 0) is 4.79 Å². The summed E-state index contributed by atoms with van der Waals surface area (Å²) in [6.45, 7) is 4.79. The Bertz CT molecular complexity index is 1160. The minimum atomic E-state index is -0.311. The van der Waals surface area contributed by atoms with Crippen LogP contribution in [0.15, 0.2) is 36.5 Å². The van der Waals surface area contributed by atoms with Gasteiger partial charge in [-0.15, -0.1) is 0 Å². The Labute approximate surface area is 197 Å². The second-order valence-corrected chi connectivity index (χ2v) is 8.82. The Morgan fingerprint density at radius 1 is 1.27 bits per heavy atom. The maximum atomic E-state index is 13.0. The lowest BCUT2D eigenvalue weighted by Crippen LogP contribution is -2.24. The van der Waals surface area contributed by atoms with Crippen LogP contribution in [0.1, 0.15) is 35.3 Å². The van der Waals surface area contributed by atoms with E-state index in [4.69, 9.17) is 16.6 Å². The molecule has 2 N–H and O–H groups in total. The Morgan fingerprint density at radius 3 is 2.70 bits per heavy atom. The normalized spacial score (nSPS) is 16.1. The van der Waals surface area contributed by atoms with E-state index in [0.717, 1.165) is 18.1 Å². The highest BCUT2D eigenvalue weighted by atomic mass is 35.5. The number of carbonyl (C=O) groups is 2. The van der Waals surface area contributed by atoms with E-state index in [1.165, 1.54) is 6.20 Å². The predicted molar refractivity (Wildman–Crippen MR) is 129 cm³/mol. The summed E-state index contributed by atoms with van der Waals surface area (Å²) in [4.78, 5) is 34.1. The average Bonchev–Trinajstić information content (AvgIpc) is 3.38. The van der Waals surface area contributed by atoms with Gasteiger partial charge < -0.3 is 20.4 Å². The van der Waals surface area contributed by atoms with Crippen molar-refractivity contribution >= 4 is 40.6 Å². The fraction of sp³-hybridized carbons (Fsp3) is 0.391. The zero-order valence-electron chi connectivity index (χ0n) is 19.0. The van der Waals surface area contributed by atoms with E-state index in [2.05, 4.69) is 20.6 Å². The molecular weight excluding hydrogens is 442 g/mol. The van der Waals surface area contributed by atoms with Gasteiger partial charge >= 0.3 is 0 Å². The molecule has 0 spiro atoms. The van der Waals surface area contributed by atoms with Crippen LogP contribution < -0.4 is 10.6 Å². The number of carbonyl (C=O) groups excluding carboxylic acids is 2. The number of likely N-dealkylation sites (N-methyl/N-ethyl adjacent to an activating group) is 2. The molecule has 174 valence electrons. The summed E-state index contributed by atoms with van der Waals surface area (Å²) in [7, 11) is 4.01. The van der Waals surface area contributed by atoms with Crippen molar-refractivity contribution in [1.29, 1.82) is 0 Å². The first-order valence-corrected chi connectivity index (χ1v) is 11.4. The highest BCUT2D eigenvalue weighted by molar-refractivity contribution is 6.30. The SMILES string of the molecule is CCN1C[C@H](c2cc(NCCN(C)C)n3ncc(C(=O)Nc4ccc(Cl)cc4)c3n2)CC1=O. The van der Waals surface area contributed by atoms with Gasteiger partial charge in [0.2, 0.25) is 5.91 Å². The van der Waals surface area contributed by atoms with Gasteiger partial charge in [-0.3, -0.25) is 9.59 Å². The zero-order valence-corrected chi connectivity index (χ0v) is 19.8. The van der Waals surface area contributed by atoms with Gasteiger partial charge in [0.25, 0.3) is 5.91 Å². The number of anilines is 2. The van der Waals surface area contributed by atoms with Gasteiger partial charge in [0.15, 0.2) is 5.65 Å². The van der Waals surface area contributed by atoms with Crippen LogP contribution in [0.25, 0.3) is 5.65 Å². The molecule has 3 heterocycles. The van der Waals surface area contributed by atoms with Crippen LogP contribution in [0, 0.1) is 0 Å². The Balaban J connectivity index is 1.68. The highest BCUT2D eigenvalue weighted by Crippen LogP contribution is 2.29. The Morgan fingerprint density at radius 2 is 2.03 bits per heavy atom. The van der Waals surface area contributed by atoms with Crippen molar-refractivity contribution in [2.24, 2.45) is 0 Å². The molecule has 2 amide bonds. The first kappa shape index (κ1) is 23.0. The third-order valence-electron chi connectivity index (χ3n) is 5.72. The van der Waals surface area contributed by atoms with Gasteiger partial charge in [-0.1, -0.05) is 11.6 Å². The minimum absolute atomic E-state index is 0.0288. The van der Waals surface area contributed by atoms with Crippen LogP contribution in [0.2, 0.25) is 5.02 Å². The van der Waals surface area contributed by atoms with Crippen LogP contribution >= 0.6 is 11.6 Å². The smallest absolute Gasteiger partial charge is 0.261 e. The Kier molecular flexibility index (Phi) is 6.80. The summed E-state index contributed by atoms with van der Waals surface area (Å²) in [5, 5.41) is 11.3. The van der Waals surface area contributed by atoms with Crippen molar-refractivity contribution in [1.82, 2.24) is 24.4 Å². The van der Waals surface area contributed by atoms with Crippen LogP contribution in [0.3, 0.4) is 0 Å². The molecule has 0 saturated carbocycles. The molecule has 9 nitrogen and oxygen atoms in total. The quantitative estimate of drug-likeness (QED) is 0.526. The lowest BCUT2D eigenvalue weighted by Gasteiger charge is -2.16. The molecule has 1 aromatic carbocycles. The van der Waals surface area contributed by atoms with Crippen molar-refractivity contribution in [2.45, 2.75) is 19.3 Å². The van der Waals surface area contributed by atoms with E-state index in [1.807, 2.05) is 32.0 Å². The molecule has 1 aliphatic heterocycles. The second-order valence-electron chi connectivity index (χ2n) is 8.38. The van der Waals surface area contributed by atoms with E-state index < -0.39 is 0 Å². The standard InChI is InChI=1S/C23H28ClN7O2/c1-4-30-14-15(11-21(30)32)19-12-20(25-9-10-29(2)3)31-22(28-19)18(13-26-31)23(33)27-17-7-5-16(24)6-8-17/h5-8,12-13,15,25H,4,9-11,14H2,1-3H3,(H,27,33)/t15-/m1/s1. The first-order valence-electron chi connectivity index (χ1n) is 11.0. The first-order chi connectivity index (χ1) is 15.9. The number of aromatic nitrogens is 3. The lowest BCUT2D eigenvalue weighted by molar-refractivity contribution is -0.127. The molecule has 0 radical (unpaired) electrons. The maximum absolute atomic E-state index is 13.0. The van der Waals surface area contributed by atoms with E-state index in [0.29, 0.717) is 48.0 Å². The summed E-state index contributed by atoms with van der Waals surface area (Å²) in [5.74, 6) is 0.526. The molecular formula is C23H28ClN7O2. The summed E-state index contributed by atoms with van der Waals surface area (Å²) >= 11 is 5.94. The van der Waals surface area contributed by atoms with Crippen molar-refractivity contribution in [3.8, 4) is 0 Å². The molecule has 10 heteroatoms. The third-order valence-corrected chi connectivity index (χ3v) is 5.97. The van der Waals surface area contributed by atoms with Gasteiger partial charge in [0.1, 0.15) is 11.4 Å². The second kappa shape index (κ2) is 9.76. The Hall–Kier alpha value is -3.17. The summed E-state index contributed by atoms with van der Waals surface area (Å²) in [6.07, 6.45) is 1.93. The van der Waals surface area contributed by atoms with Gasteiger partial charge in [-0.2, -0.15) is 9.61 Å². The fourth-order valence-electron chi connectivity index (χ4n) is 3.89. The third kappa shape index (κ3) is 5.09. The molecule has 1 saturated heterocycles. The molecule has 0 unspecified atom stereocenters. The number of halogens is 1. The number of hydrogen-bond acceptors (Lipinski definition) is 6. The number of fused-ring (bicyclic) bond motifs is 1. The average molecular weight is 470 g/mol. The van der Waals surface area contributed by atoms with Gasteiger partial charge in [0.05, 0.1) is 11.9 Å². The van der Waals surface area contributed by atoms with E-state index >= 15 is 0 Å². The van der Waals surface area contributed by atoms with E-state index in [-0.39, 0.29) is 17.7 Å². The number of hydrogen-bond donors (Lipinski definition) is 2. The topological polar surface area (TPSA) is 94.9 Å². The largest absolute Gasteiger partial charge is 0.369 e. The van der Waals surface area contributed by atoms with E-state index in [9.17, 15) is 9.59 Å². The lowest BCUT2D eigenvalue weighted by atomic mass is 10.0. The van der Waals surface area contributed by atoms with Crippen molar-refractivity contribution in [3.05, 3.63) is 52.8 Å². The van der Waals surface area contributed by atoms with Gasteiger partial charge in [-0.25, -0.2) is 4.98 Å². The molecule has 2 aromatic heterocycles. The molecule has 33 heavy (non-hydrogen) atoms. The van der Waals surface area contributed by atoms with E-state index in [1.54, 1.807) is 28.8 Å². The van der Waals surface area contributed by atoms with Crippen LogP contribution in [-0.4, -0.2) is 76.5 Å². The molecule has 3 aromatic rings. The number of nitrogens with zero attached hydrogens (tertiary/aromatic N) is 5. The van der Waals surface area contributed by atoms with Crippen molar-refractivity contribution < 1.29 is 9.59 Å². The molecule has 1 atom stereocenters. The van der Waals surface area contributed by atoms with Crippen LogP contribution in [0.5, 0.6) is 0 Å². The number of benzene rings is 1. The molecule has 0 aliphatic carbocycles. The van der Waals surface area contributed by atoms with Crippen molar-refractivity contribution in [3.63, 3.8) is 0 Å². The van der Waals surface area contributed by atoms with Crippen molar-refractivity contribution in [2.75, 3.05) is 50.9 Å². The maximum Gasteiger partial charge on any atom is 0.261 e. The number of amides is 2. The zero-order chi connectivity index (χ0) is 23.5. The molecule has 0 bridgehead atoms. The van der Waals surface area contributed by atoms with Crippen LogP contribution in [0.4, 0.5) is 11.5 Å². The predicted octanol–water partition coefficient (Wildman–Crippen LogP) is 2.94. The number of rotatable bonds is 8. The highest BCUT2D eigenvalue weighted by Gasteiger charge is 2.31. The molecule has 1 fully saturated rings. The molecule has 4 rings (SSSR count). The number of likely N-dealkylation sites (tertiary alicyclic amines) is 1. The fourth-order valence-corrected chi connectivity index (χ4v) is 4.02. The number of nitrogens with one attached hydrogen (secondary N) is 2. The van der Waals surface area contributed by atoms with Gasteiger partial charge in [-0.05, 0) is 45.3 Å². The summed E-state index contributed by atoms with van der Waals surface area (Å²) < 4.78 is 1.64. The minimum Gasteiger partial charge on any atom is -0.369 e.